The van der Waals surface area contributed by atoms with Gasteiger partial charge in [-0.15, -0.1) is 0 Å². The van der Waals surface area contributed by atoms with Gasteiger partial charge in [-0.25, -0.2) is 0 Å². The third-order valence-corrected chi connectivity index (χ3v) is 4.66. The van der Waals surface area contributed by atoms with E-state index in [4.69, 9.17) is 4.74 Å². The van der Waals surface area contributed by atoms with E-state index >= 15 is 0 Å². The number of rotatable bonds is 1. The SMILES string of the molecule is COc1ccc2c(c1)CCC1(CCCN1C(C)=O)C2=O. The summed E-state index contributed by atoms with van der Waals surface area (Å²) in [6.45, 7) is 2.26. The molecule has 1 aromatic rings. The summed E-state index contributed by atoms with van der Waals surface area (Å²) >= 11 is 0. The van der Waals surface area contributed by atoms with E-state index in [2.05, 4.69) is 0 Å². The van der Waals surface area contributed by atoms with Gasteiger partial charge in [0.1, 0.15) is 11.3 Å². The van der Waals surface area contributed by atoms with Gasteiger partial charge in [0, 0.05) is 19.0 Å². The average molecular weight is 273 g/mol. The van der Waals surface area contributed by atoms with E-state index in [0.29, 0.717) is 6.54 Å². The van der Waals surface area contributed by atoms with Crippen molar-refractivity contribution in [2.24, 2.45) is 0 Å². The van der Waals surface area contributed by atoms with Gasteiger partial charge in [0.2, 0.25) is 5.91 Å². The van der Waals surface area contributed by atoms with Crippen LogP contribution in [0.15, 0.2) is 18.2 Å². The lowest BCUT2D eigenvalue weighted by Crippen LogP contribution is -2.54. The highest BCUT2D eigenvalue weighted by atomic mass is 16.5. The Morgan fingerprint density at radius 2 is 2.15 bits per heavy atom. The van der Waals surface area contributed by atoms with Gasteiger partial charge in [-0.05, 0) is 49.4 Å². The first-order valence-corrected chi connectivity index (χ1v) is 7.08. The molecule has 1 aliphatic heterocycles. The highest BCUT2D eigenvalue weighted by Gasteiger charge is 2.50. The molecule has 0 N–H and O–H groups in total. The fourth-order valence-electron chi connectivity index (χ4n) is 3.66. The predicted octanol–water partition coefficient (Wildman–Crippen LogP) is 2.21. The summed E-state index contributed by atoms with van der Waals surface area (Å²) in [5.74, 6) is 0.893. The fourth-order valence-corrected chi connectivity index (χ4v) is 3.66. The number of fused-ring (bicyclic) bond motifs is 1. The molecule has 1 amide bonds. The minimum atomic E-state index is -0.590. The van der Waals surface area contributed by atoms with Crippen molar-refractivity contribution in [3.63, 3.8) is 0 Å². The maximum atomic E-state index is 12.9. The lowest BCUT2D eigenvalue weighted by Gasteiger charge is -2.40. The number of Topliss-reactive ketones (excluding diaryl/α,β-unsaturated/α-hetero) is 1. The molecule has 0 saturated carbocycles. The van der Waals surface area contributed by atoms with E-state index in [1.54, 1.807) is 18.9 Å². The summed E-state index contributed by atoms with van der Waals surface area (Å²) in [5.41, 5.74) is 1.20. The van der Waals surface area contributed by atoms with Crippen LogP contribution in [0.5, 0.6) is 5.75 Å². The molecular formula is C16H19NO3. The molecule has 2 aliphatic rings. The lowest BCUT2D eigenvalue weighted by molar-refractivity contribution is -0.131. The topological polar surface area (TPSA) is 46.6 Å². The number of ether oxygens (including phenoxy) is 1. The highest BCUT2D eigenvalue weighted by Crippen LogP contribution is 2.41. The number of hydrogen-bond donors (Lipinski definition) is 0. The summed E-state index contributed by atoms with van der Waals surface area (Å²) in [6.07, 6.45) is 3.25. The summed E-state index contributed by atoms with van der Waals surface area (Å²) in [7, 11) is 1.63. The molecule has 3 rings (SSSR count). The first kappa shape index (κ1) is 13.2. The van der Waals surface area contributed by atoms with Gasteiger partial charge in [0.25, 0.3) is 0 Å². The van der Waals surface area contributed by atoms with Gasteiger partial charge in [-0.3, -0.25) is 9.59 Å². The van der Waals surface area contributed by atoms with Crippen molar-refractivity contribution in [3.8, 4) is 5.75 Å². The molecule has 1 saturated heterocycles. The molecule has 1 heterocycles. The predicted molar refractivity (Wildman–Crippen MR) is 75.0 cm³/mol. The van der Waals surface area contributed by atoms with Crippen molar-refractivity contribution in [3.05, 3.63) is 29.3 Å². The lowest BCUT2D eigenvalue weighted by atomic mass is 9.75. The van der Waals surface area contributed by atoms with E-state index in [9.17, 15) is 9.59 Å². The molecule has 1 unspecified atom stereocenters. The quantitative estimate of drug-likeness (QED) is 0.788. The molecule has 1 aromatic carbocycles. The molecular weight excluding hydrogens is 254 g/mol. The van der Waals surface area contributed by atoms with Gasteiger partial charge < -0.3 is 9.64 Å². The van der Waals surface area contributed by atoms with Crippen molar-refractivity contribution >= 4 is 11.7 Å². The first-order valence-electron chi connectivity index (χ1n) is 7.08. The third-order valence-electron chi connectivity index (χ3n) is 4.66. The maximum Gasteiger partial charge on any atom is 0.220 e. The molecule has 1 aliphatic carbocycles. The van der Waals surface area contributed by atoms with Crippen molar-refractivity contribution in [2.45, 2.75) is 38.1 Å². The Labute approximate surface area is 118 Å². The molecule has 1 fully saturated rings. The van der Waals surface area contributed by atoms with E-state index in [0.717, 1.165) is 42.6 Å². The monoisotopic (exact) mass is 273 g/mol. The largest absolute Gasteiger partial charge is 0.497 e. The molecule has 0 radical (unpaired) electrons. The Balaban J connectivity index is 2.02. The van der Waals surface area contributed by atoms with Crippen LogP contribution >= 0.6 is 0 Å². The highest BCUT2D eigenvalue weighted by molar-refractivity contribution is 6.07. The van der Waals surface area contributed by atoms with Crippen LogP contribution < -0.4 is 4.74 Å². The second-order valence-corrected chi connectivity index (χ2v) is 5.66. The minimum absolute atomic E-state index is 0.00723. The summed E-state index contributed by atoms with van der Waals surface area (Å²) in [4.78, 5) is 26.5. The van der Waals surface area contributed by atoms with Crippen LogP contribution in [0.4, 0.5) is 0 Å². The number of benzene rings is 1. The molecule has 4 heteroatoms. The number of ketones is 1. The fraction of sp³-hybridized carbons (Fsp3) is 0.500. The Hall–Kier alpha value is -1.84. The number of methoxy groups -OCH3 is 1. The standard InChI is InChI=1S/C16H19NO3/c1-11(18)17-9-3-7-16(17)8-6-12-10-13(20-2)4-5-14(12)15(16)19/h4-5,10H,3,6-9H2,1-2H3. The van der Waals surface area contributed by atoms with Gasteiger partial charge >= 0.3 is 0 Å². The van der Waals surface area contributed by atoms with Crippen LogP contribution in [0.2, 0.25) is 0 Å². The normalized spacial score (nSPS) is 24.9. The van der Waals surface area contributed by atoms with E-state index in [1.165, 1.54) is 0 Å². The molecule has 1 spiro atoms. The number of carbonyl (C=O) groups excluding carboxylic acids is 2. The van der Waals surface area contributed by atoms with Gasteiger partial charge in [-0.2, -0.15) is 0 Å². The maximum absolute atomic E-state index is 12.9. The van der Waals surface area contributed by atoms with E-state index in [-0.39, 0.29) is 11.7 Å². The zero-order chi connectivity index (χ0) is 14.3. The molecule has 1 atom stereocenters. The number of hydrogen-bond acceptors (Lipinski definition) is 3. The van der Waals surface area contributed by atoms with Crippen LogP contribution in [-0.2, 0) is 11.2 Å². The van der Waals surface area contributed by atoms with E-state index < -0.39 is 5.54 Å². The number of likely N-dealkylation sites (tertiary alicyclic amines) is 1. The Morgan fingerprint density at radius 3 is 2.85 bits per heavy atom. The van der Waals surface area contributed by atoms with Gasteiger partial charge in [-0.1, -0.05) is 0 Å². The van der Waals surface area contributed by atoms with Gasteiger partial charge in [0.15, 0.2) is 5.78 Å². The first-order chi connectivity index (χ1) is 9.58. The Morgan fingerprint density at radius 1 is 1.35 bits per heavy atom. The Bertz CT molecular complexity index is 581. The number of aryl methyl sites for hydroxylation is 1. The van der Waals surface area contributed by atoms with Crippen molar-refractivity contribution < 1.29 is 14.3 Å². The van der Waals surface area contributed by atoms with Crippen LogP contribution in [0.25, 0.3) is 0 Å². The summed E-state index contributed by atoms with van der Waals surface area (Å²) in [5, 5.41) is 0. The van der Waals surface area contributed by atoms with Crippen LogP contribution in [0.1, 0.15) is 42.1 Å². The van der Waals surface area contributed by atoms with E-state index in [1.807, 2.05) is 18.2 Å². The molecule has 0 aromatic heterocycles. The second-order valence-electron chi connectivity index (χ2n) is 5.66. The number of nitrogens with zero attached hydrogens (tertiary/aromatic N) is 1. The minimum Gasteiger partial charge on any atom is -0.497 e. The Kier molecular flexibility index (Phi) is 3.04. The van der Waals surface area contributed by atoms with Crippen LogP contribution in [-0.4, -0.2) is 35.8 Å². The summed E-state index contributed by atoms with van der Waals surface area (Å²) in [6, 6.07) is 5.60. The smallest absolute Gasteiger partial charge is 0.220 e. The molecule has 4 nitrogen and oxygen atoms in total. The van der Waals surface area contributed by atoms with Crippen molar-refractivity contribution in [1.29, 1.82) is 0 Å². The van der Waals surface area contributed by atoms with Crippen LogP contribution in [0.3, 0.4) is 0 Å². The molecule has 0 bridgehead atoms. The summed E-state index contributed by atoms with van der Waals surface area (Å²) < 4.78 is 5.22. The zero-order valence-electron chi connectivity index (χ0n) is 11.9. The van der Waals surface area contributed by atoms with Crippen molar-refractivity contribution in [1.82, 2.24) is 4.90 Å². The number of amides is 1. The molecule has 106 valence electrons. The second kappa shape index (κ2) is 4.62. The number of carbonyl (C=O) groups is 2. The molecule has 20 heavy (non-hydrogen) atoms. The van der Waals surface area contributed by atoms with Gasteiger partial charge in [0.05, 0.1) is 7.11 Å². The van der Waals surface area contributed by atoms with Crippen molar-refractivity contribution in [2.75, 3.05) is 13.7 Å². The van der Waals surface area contributed by atoms with Crippen LogP contribution in [0, 0.1) is 0 Å². The zero-order valence-corrected chi connectivity index (χ0v) is 11.9. The average Bonchev–Trinajstić information content (AvgIpc) is 2.88. The third kappa shape index (κ3) is 1.74.